The average Bonchev–Trinajstić information content (AvgIpc) is 2.33. The van der Waals surface area contributed by atoms with Crippen LogP contribution in [-0.4, -0.2) is 43.8 Å². The molecule has 1 fully saturated rings. The lowest BCUT2D eigenvalue weighted by molar-refractivity contribution is 0.169. The fourth-order valence-corrected chi connectivity index (χ4v) is 2.45. The molecular formula is C14H31NO3S. The van der Waals surface area contributed by atoms with E-state index in [0.29, 0.717) is 6.26 Å². The van der Waals surface area contributed by atoms with Gasteiger partial charge in [0.1, 0.15) is 0 Å². The van der Waals surface area contributed by atoms with Crippen LogP contribution in [0, 0.1) is 5.92 Å². The van der Waals surface area contributed by atoms with Gasteiger partial charge in [0.15, 0.2) is 0 Å². The molecule has 1 unspecified atom stereocenters. The Kier molecular flexibility index (Phi) is 10.6. The molecule has 1 rings (SSSR count). The van der Waals surface area contributed by atoms with E-state index >= 15 is 0 Å². The van der Waals surface area contributed by atoms with Crippen molar-refractivity contribution < 1.29 is 13.0 Å². The maximum absolute atomic E-state index is 9.19. The lowest BCUT2D eigenvalue weighted by Gasteiger charge is -2.32. The number of unbranched alkanes of at least 4 members (excludes halogenated alkanes) is 3. The standard InChI is InChI=1S/C13H27N.CH4O3S/c1-3-5-6-7-10-14-11-8-9-13(4-2)12-14;1-5(2,3)4/h13H,3-12H2,1-2H3;1H3,(H,2,3,4). The molecule has 19 heavy (non-hydrogen) atoms. The first-order valence-corrected chi connectivity index (χ1v) is 9.36. The van der Waals surface area contributed by atoms with Gasteiger partial charge in [0.25, 0.3) is 10.1 Å². The molecule has 1 atom stereocenters. The molecule has 4 nitrogen and oxygen atoms in total. The van der Waals surface area contributed by atoms with E-state index in [4.69, 9.17) is 4.55 Å². The zero-order valence-electron chi connectivity index (χ0n) is 12.8. The first kappa shape index (κ1) is 18.9. The normalized spacial score (nSPS) is 20.7. The van der Waals surface area contributed by atoms with Crippen molar-refractivity contribution in [3.8, 4) is 0 Å². The Hall–Kier alpha value is -0.130. The van der Waals surface area contributed by atoms with E-state index in [1.54, 1.807) is 0 Å². The Morgan fingerprint density at radius 1 is 1.21 bits per heavy atom. The number of hydrogen-bond donors (Lipinski definition) is 1. The van der Waals surface area contributed by atoms with E-state index in [9.17, 15) is 8.42 Å². The molecule has 1 N–H and O–H groups in total. The van der Waals surface area contributed by atoms with E-state index in [-0.39, 0.29) is 0 Å². The van der Waals surface area contributed by atoms with Crippen LogP contribution < -0.4 is 0 Å². The van der Waals surface area contributed by atoms with Gasteiger partial charge in [-0.05, 0) is 38.3 Å². The summed E-state index contributed by atoms with van der Waals surface area (Å²) in [4.78, 5) is 2.69. The summed E-state index contributed by atoms with van der Waals surface area (Å²) in [5, 5.41) is 0. The molecule has 0 aromatic rings. The first-order chi connectivity index (χ1) is 8.86. The van der Waals surface area contributed by atoms with Crippen LogP contribution in [0.3, 0.4) is 0 Å². The third kappa shape index (κ3) is 14.1. The Balaban J connectivity index is 0.000000555. The monoisotopic (exact) mass is 293 g/mol. The van der Waals surface area contributed by atoms with E-state index < -0.39 is 10.1 Å². The highest BCUT2D eigenvalue weighted by Gasteiger charge is 2.17. The Labute approximate surface area is 119 Å². The lowest BCUT2D eigenvalue weighted by atomic mass is 9.95. The SMILES string of the molecule is CCCCCCN1CCCC(CC)C1.CS(=O)(=O)O. The summed E-state index contributed by atoms with van der Waals surface area (Å²) in [6.07, 6.45) is 10.6. The second-order valence-electron chi connectivity index (χ2n) is 5.51. The predicted octanol–water partition coefficient (Wildman–Crippen LogP) is 3.19. The Bertz CT molecular complexity index is 296. The molecule has 0 spiro atoms. The molecule has 5 heteroatoms. The van der Waals surface area contributed by atoms with Crippen molar-refractivity contribution in [3.05, 3.63) is 0 Å². The molecule has 0 radical (unpaired) electrons. The lowest BCUT2D eigenvalue weighted by Crippen LogP contribution is -2.35. The van der Waals surface area contributed by atoms with Gasteiger partial charge >= 0.3 is 0 Å². The van der Waals surface area contributed by atoms with Gasteiger partial charge in [-0.1, -0.05) is 39.5 Å². The van der Waals surface area contributed by atoms with E-state index in [0.717, 1.165) is 5.92 Å². The summed E-state index contributed by atoms with van der Waals surface area (Å²) >= 11 is 0. The van der Waals surface area contributed by atoms with Gasteiger partial charge < -0.3 is 4.90 Å². The van der Waals surface area contributed by atoms with Crippen molar-refractivity contribution in [1.29, 1.82) is 0 Å². The maximum Gasteiger partial charge on any atom is 0.261 e. The molecule has 0 aromatic heterocycles. The summed E-state index contributed by atoms with van der Waals surface area (Å²) in [7, 11) is -3.67. The van der Waals surface area contributed by atoms with E-state index in [1.165, 1.54) is 64.6 Å². The minimum atomic E-state index is -3.67. The number of hydrogen-bond acceptors (Lipinski definition) is 3. The highest BCUT2D eigenvalue weighted by Crippen LogP contribution is 2.19. The van der Waals surface area contributed by atoms with Crippen molar-refractivity contribution in [1.82, 2.24) is 4.90 Å². The molecule has 1 aliphatic rings. The molecule has 1 saturated heterocycles. The molecule has 1 heterocycles. The molecule has 0 saturated carbocycles. The number of nitrogens with zero attached hydrogens (tertiary/aromatic N) is 1. The van der Waals surface area contributed by atoms with Crippen molar-refractivity contribution in [2.45, 2.75) is 58.8 Å². The molecule has 0 bridgehead atoms. The molecule has 116 valence electrons. The highest BCUT2D eigenvalue weighted by molar-refractivity contribution is 7.85. The topological polar surface area (TPSA) is 57.6 Å². The second-order valence-corrected chi connectivity index (χ2v) is 6.98. The Morgan fingerprint density at radius 3 is 2.37 bits per heavy atom. The van der Waals surface area contributed by atoms with Crippen LogP contribution in [0.5, 0.6) is 0 Å². The van der Waals surface area contributed by atoms with Crippen LogP contribution in [0.15, 0.2) is 0 Å². The molecule has 1 aliphatic heterocycles. The quantitative estimate of drug-likeness (QED) is 0.603. The predicted molar refractivity (Wildman–Crippen MR) is 81.1 cm³/mol. The van der Waals surface area contributed by atoms with Gasteiger partial charge in [0, 0.05) is 6.54 Å². The molecule has 0 amide bonds. The van der Waals surface area contributed by atoms with E-state index in [2.05, 4.69) is 18.7 Å². The average molecular weight is 293 g/mol. The second kappa shape index (κ2) is 10.6. The maximum atomic E-state index is 9.19. The smallest absolute Gasteiger partial charge is 0.261 e. The Morgan fingerprint density at radius 2 is 1.84 bits per heavy atom. The van der Waals surface area contributed by atoms with Crippen molar-refractivity contribution in [2.75, 3.05) is 25.9 Å². The van der Waals surface area contributed by atoms with Crippen LogP contribution in [0.1, 0.15) is 58.8 Å². The van der Waals surface area contributed by atoms with Crippen molar-refractivity contribution >= 4 is 10.1 Å². The third-order valence-corrected chi connectivity index (χ3v) is 3.51. The van der Waals surface area contributed by atoms with Crippen molar-refractivity contribution in [2.24, 2.45) is 5.92 Å². The number of likely N-dealkylation sites (tertiary alicyclic amines) is 1. The zero-order chi connectivity index (χ0) is 14.7. The number of piperidine rings is 1. The fraction of sp³-hybridized carbons (Fsp3) is 1.00. The zero-order valence-corrected chi connectivity index (χ0v) is 13.6. The molecule has 0 aliphatic carbocycles. The largest absolute Gasteiger partial charge is 0.303 e. The fourth-order valence-electron chi connectivity index (χ4n) is 2.45. The van der Waals surface area contributed by atoms with Crippen LogP contribution in [0.4, 0.5) is 0 Å². The summed E-state index contributed by atoms with van der Waals surface area (Å²) < 4.78 is 25.9. The highest BCUT2D eigenvalue weighted by atomic mass is 32.2. The third-order valence-electron chi connectivity index (χ3n) is 3.51. The van der Waals surface area contributed by atoms with Crippen LogP contribution in [0.2, 0.25) is 0 Å². The van der Waals surface area contributed by atoms with Gasteiger partial charge in [0.2, 0.25) is 0 Å². The summed E-state index contributed by atoms with van der Waals surface area (Å²) in [6.45, 7) is 8.72. The van der Waals surface area contributed by atoms with Crippen LogP contribution in [0.25, 0.3) is 0 Å². The number of rotatable bonds is 6. The summed E-state index contributed by atoms with van der Waals surface area (Å²) in [6, 6.07) is 0. The van der Waals surface area contributed by atoms with Gasteiger partial charge in [-0.15, -0.1) is 0 Å². The van der Waals surface area contributed by atoms with Gasteiger partial charge in [-0.2, -0.15) is 8.42 Å². The molecular weight excluding hydrogens is 262 g/mol. The molecule has 0 aromatic carbocycles. The summed E-state index contributed by atoms with van der Waals surface area (Å²) in [5.41, 5.74) is 0. The summed E-state index contributed by atoms with van der Waals surface area (Å²) in [5.74, 6) is 0.995. The van der Waals surface area contributed by atoms with Gasteiger partial charge in [-0.25, -0.2) is 0 Å². The minimum Gasteiger partial charge on any atom is -0.303 e. The van der Waals surface area contributed by atoms with E-state index in [1.807, 2.05) is 0 Å². The van der Waals surface area contributed by atoms with Crippen LogP contribution in [-0.2, 0) is 10.1 Å². The van der Waals surface area contributed by atoms with Gasteiger partial charge in [0.05, 0.1) is 6.26 Å². The van der Waals surface area contributed by atoms with Gasteiger partial charge in [-0.3, -0.25) is 4.55 Å². The van der Waals surface area contributed by atoms with Crippen molar-refractivity contribution in [3.63, 3.8) is 0 Å². The first-order valence-electron chi connectivity index (χ1n) is 7.51. The van der Waals surface area contributed by atoms with Crippen LogP contribution >= 0.6 is 0 Å². The minimum absolute atomic E-state index is 0.715.